The highest BCUT2D eigenvalue weighted by Crippen LogP contribution is 2.13. The summed E-state index contributed by atoms with van der Waals surface area (Å²) in [6.45, 7) is 11.3. The Labute approximate surface area is 215 Å². The van der Waals surface area contributed by atoms with E-state index in [0.29, 0.717) is 18.5 Å². The van der Waals surface area contributed by atoms with Crippen LogP contribution < -0.4 is 15.4 Å². The number of aryl methyl sites for hydroxylation is 1. The van der Waals surface area contributed by atoms with E-state index in [4.69, 9.17) is 9.73 Å². The van der Waals surface area contributed by atoms with Crippen molar-refractivity contribution in [3.63, 3.8) is 0 Å². The van der Waals surface area contributed by atoms with Crippen molar-refractivity contribution in [1.82, 2.24) is 30.3 Å². The molecule has 3 rings (SSSR count). The molecule has 2 N–H and O–H groups in total. The second-order valence-corrected chi connectivity index (χ2v) is 9.03. The molecule has 1 fully saturated rings. The van der Waals surface area contributed by atoms with Crippen LogP contribution in [0.15, 0.2) is 29.3 Å². The van der Waals surface area contributed by atoms with Gasteiger partial charge in [0.25, 0.3) is 0 Å². The summed E-state index contributed by atoms with van der Waals surface area (Å²) in [7, 11) is 3.67. The van der Waals surface area contributed by atoms with Gasteiger partial charge in [0.1, 0.15) is 18.1 Å². The van der Waals surface area contributed by atoms with Gasteiger partial charge in [-0.3, -0.25) is 0 Å². The number of halogens is 1. The normalized spacial score (nSPS) is 15.4. The average molecular weight is 570 g/mol. The molecule has 9 heteroatoms. The van der Waals surface area contributed by atoms with Crippen molar-refractivity contribution in [3.05, 3.63) is 41.5 Å². The van der Waals surface area contributed by atoms with E-state index in [1.165, 1.54) is 12.1 Å². The fourth-order valence-electron chi connectivity index (χ4n) is 3.98. The number of nitrogens with one attached hydrogen (secondary N) is 2. The Morgan fingerprint density at radius 2 is 1.88 bits per heavy atom. The van der Waals surface area contributed by atoms with Crippen molar-refractivity contribution in [1.29, 1.82) is 0 Å². The largest absolute Gasteiger partial charge is 0.497 e. The zero-order valence-corrected chi connectivity index (χ0v) is 23.0. The van der Waals surface area contributed by atoms with Gasteiger partial charge in [0.15, 0.2) is 11.8 Å². The van der Waals surface area contributed by atoms with Crippen molar-refractivity contribution in [3.8, 4) is 5.75 Å². The summed E-state index contributed by atoms with van der Waals surface area (Å²) in [5, 5.41) is 15.6. The molecule has 0 saturated carbocycles. The molecule has 0 unspecified atom stereocenters. The van der Waals surface area contributed by atoms with E-state index in [0.717, 1.165) is 62.3 Å². The number of ether oxygens (including phenoxy) is 1. The summed E-state index contributed by atoms with van der Waals surface area (Å²) in [6.07, 6.45) is 3.19. The van der Waals surface area contributed by atoms with E-state index in [-0.39, 0.29) is 24.0 Å². The van der Waals surface area contributed by atoms with E-state index >= 15 is 0 Å². The van der Waals surface area contributed by atoms with Crippen LogP contribution in [0.3, 0.4) is 0 Å². The molecule has 0 radical (unpaired) electrons. The summed E-state index contributed by atoms with van der Waals surface area (Å²) >= 11 is 0. The third-order valence-electron chi connectivity index (χ3n) is 5.98. The topological polar surface area (TPSA) is 79.6 Å². The minimum absolute atomic E-state index is 0. The number of likely N-dealkylation sites (tertiary alicyclic amines) is 1. The van der Waals surface area contributed by atoms with Gasteiger partial charge in [-0.1, -0.05) is 26.0 Å². The predicted molar refractivity (Wildman–Crippen MR) is 144 cm³/mol. The Hall–Kier alpha value is -1.88. The lowest BCUT2D eigenvalue weighted by Crippen LogP contribution is -2.49. The lowest BCUT2D eigenvalue weighted by atomic mass is 10.0. The molecule has 0 bridgehead atoms. The molecule has 1 saturated heterocycles. The zero-order chi connectivity index (χ0) is 22.9. The first-order valence-electron chi connectivity index (χ1n) is 11.7. The molecule has 0 amide bonds. The summed E-state index contributed by atoms with van der Waals surface area (Å²) in [6, 6.07) is 8.66. The number of piperidine rings is 1. The predicted octanol–water partition coefficient (Wildman–Crippen LogP) is 3.15. The van der Waals surface area contributed by atoms with E-state index in [9.17, 15) is 0 Å². The highest BCUT2D eigenvalue weighted by molar-refractivity contribution is 14.0. The molecule has 2 aromatic rings. The van der Waals surface area contributed by atoms with Gasteiger partial charge in [0.05, 0.1) is 7.11 Å². The number of hydrogen-bond acceptors (Lipinski definition) is 5. The van der Waals surface area contributed by atoms with Crippen LogP contribution >= 0.6 is 24.0 Å². The van der Waals surface area contributed by atoms with Crippen molar-refractivity contribution >= 4 is 29.9 Å². The molecule has 1 aliphatic heterocycles. The first-order chi connectivity index (χ1) is 15.4. The molecule has 1 aliphatic rings. The van der Waals surface area contributed by atoms with E-state index < -0.39 is 0 Å². The lowest BCUT2D eigenvalue weighted by molar-refractivity contribution is 0.187. The molecule has 0 atom stereocenters. The summed E-state index contributed by atoms with van der Waals surface area (Å²) in [5.74, 6) is 4.21. The maximum Gasteiger partial charge on any atom is 0.191 e. The average Bonchev–Trinajstić information content (AvgIpc) is 3.11. The van der Waals surface area contributed by atoms with Gasteiger partial charge in [-0.05, 0) is 49.8 Å². The quantitative estimate of drug-likeness (QED) is 0.275. The van der Waals surface area contributed by atoms with Crippen LogP contribution in [0.5, 0.6) is 5.75 Å². The monoisotopic (exact) mass is 569 g/mol. The molecule has 2 heterocycles. The van der Waals surface area contributed by atoms with Gasteiger partial charge in [-0.25, -0.2) is 4.99 Å². The summed E-state index contributed by atoms with van der Waals surface area (Å²) in [5.41, 5.74) is 1.27. The smallest absolute Gasteiger partial charge is 0.191 e. The van der Waals surface area contributed by atoms with Crippen LogP contribution in [-0.2, 0) is 20.0 Å². The number of rotatable bonds is 9. The van der Waals surface area contributed by atoms with Crippen molar-refractivity contribution in [2.24, 2.45) is 18.0 Å². The van der Waals surface area contributed by atoms with E-state index in [1.807, 2.05) is 30.7 Å². The first-order valence-corrected chi connectivity index (χ1v) is 11.7. The maximum atomic E-state index is 5.25. The number of aliphatic imine (C=N–C) groups is 1. The van der Waals surface area contributed by atoms with Crippen LogP contribution in [0, 0.1) is 12.8 Å². The molecular formula is C24H40IN7O. The van der Waals surface area contributed by atoms with Gasteiger partial charge >= 0.3 is 0 Å². The molecule has 1 aromatic heterocycles. The number of benzene rings is 1. The van der Waals surface area contributed by atoms with Gasteiger partial charge in [0.2, 0.25) is 0 Å². The molecule has 8 nitrogen and oxygen atoms in total. The Balaban J connectivity index is 0.00000385. The molecular weight excluding hydrogens is 529 g/mol. The third kappa shape index (κ3) is 8.77. The zero-order valence-electron chi connectivity index (χ0n) is 20.7. The van der Waals surface area contributed by atoms with Gasteiger partial charge in [-0.15, -0.1) is 34.2 Å². The number of methoxy groups -OCH3 is 1. The second kappa shape index (κ2) is 13.7. The molecule has 184 valence electrons. The summed E-state index contributed by atoms with van der Waals surface area (Å²) < 4.78 is 7.24. The fourth-order valence-corrected chi connectivity index (χ4v) is 3.98. The molecule has 0 spiro atoms. The van der Waals surface area contributed by atoms with Crippen LogP contribution in [-0.4, -0.2) is 65.0 Å². The number of hydrogen-bond donors (Lipinski definition) is 2. The Kier molecular flexibility index (Phi) is 11.4. The van der Waals surface area contributed by atoms with Crippen LogP contribution in [0.2, 0.25) is 0 Å². The summed E-state index contributed by atoms with van der Waals surface area (Å²) in [4.78, 5) is 7.39. The van der Waals surface area contributed by atoms with Gasteiger partial charge in [-0.2, -0.15) is 0 Å². The third-order valence-corrected chi connectivity index (χ3v) is 5.98. The number of aromatic nitrogens is 3. The second-order valence-electron chi connectivity index (χ2n) is 9.03. The Morgan fingerprint density at radius 1 is 1.18 bits per heavy atom. The van der Waals surface area contributed by atoms with Crippen molar-refractivity contribution in [2.75, 3.05) is 33.3 Å². The van der Waals surface area contributed by atoms with Gasteiger partial charge < -0.3 is 24.8 Å². The van der Waals surface area contributed by atoms with Crippen molar-refractivity contribution < 1.29 is 4.74 Å². The Bertz CT molecular complexity index is 858. The molecule has 33 heavy (non-hydrogen) atoms. The van der Waals surface area contributed by atoms with E-state index in [1.54, 1.807) is 7.11 Å². The highest BCUT2D eigenvalue weighted by atomic mass is 127. The van der Waals surface area contributed by atoms with Crippen LogP contribution in [0.25, 0.3) is 0 Å². The first kappa shape index (κ1) is 27.4. The number of guanidine groups is 1. The minimum atomic E-state index is 0. The Morgan fingerprint density at radius 3 is 2.45 bits per heavy atom. The molecule has 1 aromatic carbocycles. The lowest BCUT2D eigenvalue weighted by Gasteiger charge is -2.34. The minimum Gasteiger partial charge on any atom is -0.497 e. The van der Waals surface area contributed by atoms with Crippen LogP contribution in [0.1, 0.15) is 43.9 Å². The highest BCUT2D eigenvalue weighted by Gasteiger charge is 2.20. The van der Waals surface area contributed by atoms with Gasteiger partial charge in [0, 0.05) is 39.3 Å². The standard InChI is InChI=1S/C24H39N7O.HI/c1-18(2)17-31-14-11-21(12-15-31)27-24(26-16-23-29-28-19(3)30(23)4)25-13-10-20-6-8-22(32-5)9-7-20;/h6-9,18,21H,10-17H2,1-5H3,(H2,25,26,27);1H. The van der Waals surface area contributed by atoms with Crippen molar-refractivity contribution in [2.45, 2.75) is 52.6 Å². The maximum absolute atomic E-state index is 5.25. The van der Waals surface area contributed by atoms with Crippen LogP contribution in [0.4, 0.5) is 0 Å². The SMILES string of the molecule is COc1ccc(CCNC(=NCc2nnc(C)n2C)NC2CCN(CC(C)C)CC2)cc1.I. The molecule has 0 aliphatic carbocycles. The fraction of sp³-hybridized carbons (Fsp3) is 0.625. The van der Waals surface area contributed by atoms with E-state index in [2.05, 4.69) is 51.7 Å². The number of nitrogens with zero attached hydrogens (tertiary/aromatic N) is 5.